The number of alkyl halides is 3. The summed E-state index contributed by atoms with van der Waals surface area (Å²) in [5.41, 5.74) is 0. The molecule has 0 spiro atoms. The molecular formula is C10H11F3IN3O. The topological polar surface area (TPSA) is 47.3 Å². The van der Waals surface area contributed by atoms with Crippen molar-refractivity contribution in [3.63, 3.8) is 0 Å². The van der Waals surface area contributed by atoms with E-state index in [-0.39, 0.29) is 18.5 Å². The third-order valence-electron chi connectivity index (χ3n) is 2.46. The monoisotopic (exact) mass is 373 g/mol. The number of hydrogen-bond donors (Lipinski definition) is 0. The standard InChI is InChI=1S/C10H11F3IN3O/c11-10(12,13)3-1-9(18)17-6-5-16(14)7-8(17)2-4-15/h1,3,8H,2,5-7H2/b3-1+/t8-/m0/s1. The van der Waals surface area contributed by atoms with Gasteiger partial charge in [-0.15, -0.1) is 0 Å². The van der Waals surface area contributed by atoms with Gasteiger partial charge < -0.3 is 4.90 Å². The first-order valence-electron chi connectivity index (χ1n) is 5.17. The van der Waals surface area contributed by atoms with Gasteiger partial charge in [0.25, 0.3) is 0 Å². The van der Waals surface area contributed by atoms with Crippen LogP contribution in [0.15, 0.2) is 12.2 Å². The number of carbonyl (C=O) groups is 1. The molecule has 0 saturated carbocycles. The van der Waals surface area contributed by atoms with E-state index in [9.17, 15) is 18.0 Å². The lowest BCUT2D eigenvalue weighted by atomic mass is 10.1. The quantitative estimate of drug-likeness (QED) is 0.422. The van der Waals surface area contributed by atoms with Crippen molar-refractivity contribution in [2.45, 2.75) is 18.6 Å². The summed E-state index contributed by atoms with van der Waals surface area (Å²) in [7, 11) is 0. The zero-order valence-corrected chi connectivity index (χ0v) is 11.5. The molecule has 0 radical (unpaired) electrons. The predicted molar refractivity (Wildman–Crippen MR) is 66.5 cm³/mol. The van der Waals surface area contributed by atoms with Crippen molar-refractivity contribution in [2.75, 3.05) is 19.6 Å². The van der Waals surface area contributed by atoms with Crippen molar-refractivity contribution in [3.05, 3.63) is 12.2 Å². The van der Waals surface area contributed by atoms with E-state index in [1.807, 2.05) is 9.18 Å². The predicted octanol–water partition coefficient (Wildman–Crippen LogP) is 1.88. The highest BCUT2D eigenvalue weighted by atomic mass is 127. The second-order valence-electron chi connectivity index (χ2n) is 3.79. The highest BCUT2D eigenvalue weighted by Crippen LogP contribution is 2.19. The fourth-order valence-electron chi connectivity index (χ4n) is 1.65. The van der Waals surface area contributed by atoms with Crippen LogP contribution >= 0.6 is 22.9 Å². The Hall–Kier alpha value is -0.820. The largest absolute Gasteiger partial charge is 0.409 e. The minimum atomic E-state index is -4.49. The summed E-state index contributed by atoms with van der Waals surface area (Å²) in [6.45, 7) is 1.39. The second-order valence-corrected chi connectivity index (χ2v) is 5.16. The summed E-state index contributed by atoms with van der Waals surface area (Å²) in [5, 5.41) is 8.66. The number of piperazine rings is 1. The van der Waals surface area contributed by atoms with Crippen LogP contribution in [0.5, 0.6) is 0 Å². The number of rotatable bonds is 2. The van der Waals surface area contributed by atoms with Gasteiger partial charge >= 0.3 is 6.18 Å². The van der Waals surface area contributed by atoms with E-state index < -0.39 is 12.1 Å². The van der Waals surface area contributed by atoms with Crippen LogP contribution in [0, 0.1) is 11.3 Å². The molecule has 1 heterocycles. The van der Waals surface area contributed by atoms with Crippen molar-refractivity contribution in [2.24, 2.45) is 0 Å². The lowest BCUT2D eigenvalue weighted by Gasteiger charge is -2.37. The third-order valence-corrected chi connectivity index (χ3v) is 3.33. The molecule has 18 heavy (non-hydrogen) atoms. The number of nitriles is 1. The van der Waals surface area contributed by atoms with Crippen LogP contribution < -0.4 is 0 Å². The van der Waals surface area contributed by atoms with E-state index in [0.717, 1.165) is 0 Å². The number of carbonyl (C=O) groups excluding carboxylic acids is 1. The minimum absolute atomic E-state index is 0.0742. The maximum absolute atomic E-state index is 12.0. The Morgan fingerprint density at radius 3 is 2.72 bits per heavy atom. The lowest BCUT2D eigenvalue weighted by molar-refractivity contribution is -0.130. The number of hydrogen-bond acceptors (Lipinski definition) is 3. The first-order chi connectivity index (χ1) is 8.33. The summed E-state index contributed by atoms with van der Waals surface area (Å²) >= 11 is 2.07. The minimum Gasteiger partial charge on any atom is -0.333 e. The van der Waals surface area contributed by atoms with Gasteiger partial charge in [-0.1, -0.05) is 0 Å². The normalized spacial score (nSPS) is 22.2. The van der Waals surface area contributed by atoms with Crippen LogP contribution in [0.3, 0.4) is 0 Å². The van der Waals surface area contributed by atoms with Crippen LogP contribution in [0.1, 0.15) is 6.42 Å². The van der Waals surface area contributed by atoms with Gasteiger partial charge in [0, 0.05) is 54.7 Å². The van der Waals surface area contributed by atoms with E-state index in [1.54, 1.807) is 0 Å². The van der Waals surface area contributed by atoms with Gasteiger partial charge in [-0.25, -0.2) is 3.11 Å². The fourth-order valence-corrected chi connectivity index (χ4v) is 2.32. The zero-order chi connectivity index (χ0) is 13.8. The summed E-state index contributed by atoms with van der Waals surface area (Å²) in [4.78, 5) is 13.0. The lowest BCUT2D eigenvalue weighted by Crippen LogP contribution is -2.52. The molecule has 100 valence electrons. The summed E-state index contributed by atoms with van der Waals surface area (Å²) in [6, 6.07) is 1.59. The molecule has 1 aliphatic rings. The second kappa shape index (κ2) is 6.38. The molecule has 4 nitrogen and oxygen atoms in total. The molecule has 0 aromatic rings. The highest BCUT2D eigenvalue weighted by Gasteiger charge is 2.29. The molecular weight excluding hydrogens is 362 g/mol. The van der Waals surface area contributed by atoms with Gasteiger partial charge in [0.1, 0.15) is 0 Å². The average Bonchev–Trinajstić information content (AvgIpc) is 2.25. The van der Waals surface area contributed by atoms with E-state index in [2.05, 4.69) is 22.9 Å². The Balaban J connectivity index is 2.71. The third kappa shape index (κ3) is 4.81. The fraction of sp³-hybridized carbons (Fsp3) is 0.600. The molecule has 0 bridgehead atoms. The van der Waals surface area contributed by atoms with Crippen LogP contribution in [0.4, 0.5) is 13.2 Å². The van der Waals surface area contributed by atoms with Crippen LogP contribution in [0.2, 0.25) is 0 Å². The van der Waals surface area contributed by atoms with Crippen molar-refractivity contribution in [1.82, 2.24) is 8.01 Å². The van der Waals surface area contributed by atoms with E-state index in [1.165, 1.54) is 4.90 Å². The Labute approximate surface area is 117 Å². The maximum Gasteiger partial charge on any atom is 0.409 e. The first-order valence-corrected chi connectivity index (χ1v) is 6.14. The van der Waals surface area contributed by atoms with E-state index >= 15 is 0 Å². The highest BCUT2D eigenvalue weighted by molar-refractivity contribution is 14.1. The SMILES string of the molecule is N#CC[C@H]1CN(I)CCN1C(=O)/C=C/C(F)(F)F. The average molecular weight is 373 g/mol. The smallest absolute Gasteiger partial charge is 0.333 e. The molecule has 1 saturated heterocycles. The Morgan fingerprint density at radius 1 is 1.50 bits per heavy atom. The Bertz CT molecular complexity index is 378. The molecule has 1 aliphatic heterocycles. The maximum atomic E-state index is 12.0. The van der Waals surface area contributed by atoms with Gasteiger partial charge in [-0.2, -0.15) is 18.4 Å². The van der Waals surface area contributed by atoms with E-state index in [0.29, 0.717) is 25.7 Å². The van der Waals surface area contributed by atoms with Gasteiger partial charge in [-0.05, 0) is 0 Å². The number of halogens is 4. The molecule has 1 amide bonds. The molecule has 0 aromatic heterocycles. The summed E-state index contributed by atoms with van der Waals surface area (Å²) in [6.07, 6.45) is -3.93. The van der Waals surface area contributed by atoms with Crippen LogP contribution in [-0.4, -0.2) is 45.8 Å². The summed E-state index contributed by atoms with van der Waals surface area (Å²) in [5.74, 6) is -0.697. The molecule has 1 atom stereocenters. The van der Waals surface area contributed by atoms with Gasteiger partial charge in [-0.3, -0.25) is 4.79 Å². The molecule has 1 rings (SSSR count). The molecule has 8 heteroatoms. The first kappa shape index (κ1) is 15.2. The Morgan fingerprint density at radius 2 is 2.17 bits per heavy atom. The molecule has 0 unspecified atom stereocenters. The van der Waals surface area contributed by atoms with E-state index in [4.69, 9.17) is 5.26 Å². The molecule has 0 aliphatic carbocycles. The number of amides is 1. The summed E-state index contributed by atoms with van der Waals surface area (Å²) < 4.78 is 37.8. The number of nitrogens with zero attached hydrogens (tertiary/aromatic N) is 3. The van der Waals surface area contributed by atoms with Gasteiger partial charge in [0.15, 0.2) is 0 Å². The van der Waals surface area contributed by atoms with Crippen LogP contribution in [0.25, 0.3) is 0 Å². The molecule has 1 fully saturated rings. The molecule has 0 aromatic carbocycles. The van der Waals surface area contributed by atoms with Gasteiger partial charge in [0.2, 0.25) is 5.91 Å². The van der Waals surface area contributed by atoms with Crippen molar-refractivity contribution in [3.8, 4) is 6.07 Å². The zero-order valence-electron chi connectivity index (χ0n) is 9.32. The Kier molecular flexibility index (Phi) is 5.40. The van der Waals surface area contributed by atoms with Crippen molar-refractivity contribution in [1.29, 1.82) is 5.26 Å². The van der Waals surface area contributed by atoms with Crippen LogP contribution in [-0.2, 0) is 4.79 Å². The molecule has 0 N–H and O–H groups in total. The number of allylic oxidation sites excluding steroid dienone is 1. The van der Waals surface area contributed by atoms with Crippen molar-refractivity contribution < 1.29 is 18.0 Å². The van der Waals surface area contributed by atoms with Crippen molar-refractivity contribution >= 4 is 28.8 Å². The van der Waals surface area contributed by atoms with Gasteiger partial charge in [0.05, 0.1) is 18.5 Å².